The summed E-state index contributed by atoms with van der Waals surface area (Å²) in [7, 11) is 0. The number of nitrogens with zero attached hydrogens (tertiary/aromatic N) is 1. The molecule has 1 unspecified atom stereocenters. The van der Waals surface area contributed by atoms with Crippen molar-refractivity contribution in [2.75, 3.05) is 19.6 Å². The molecule has 1 aliphatic rings. The maximum Gasteiger partial charge on any atom is 0.251 e. The third kappa shape index (κ3) is 4.51. The molecule has 3 N–H and O–H groups in total. The first-order valence-corrected chi connectivity index (χ1v) is 10.0. The van der Waals surface area contributed by atoms with Gasteiger partial charge in [0, 0.05) is 49.9 Å². The Hall–Kier alpha value is -3.61. The van der Waals surface area contributed by atoms with Gasteiger partial charge in [-0.2, -0.15) is 0 Å². The van der Waals surface area contributed by atoms with Gasteiger partial charge in [-0.05, 0) is 29.1 Å². The molecule has 3 amide bonds. The number of rotatable bonds is 7. The van der Waals surface area contributed by atoms with E-state index in [9.17, 15) is 14.4 Å². The molecule has 7 nitrogen and oxygen atoms in total. The Morgan fingerprint density at radius 2 is 1.83 bits per heavy atom. The zero-order valence-electron chi connectivity index (χ0n) is 16.6. The highest BCUT2D eigenvalue weighted by Crippen LogP contribution is 2.20. The number of aromatic amines is 1. The summed E-state index contributed by atoms with van der Waals surface area (Å²) < 4.78 is 0. The van der Waals surface area contributed by atoms with Crippen molar-refractivity contribution in [2.45, 2.75) is 13.0 Å². The van der Waals surface area contributed by atoms with E-state index in [1.165, 1.54) is 0 Å². The normalized spacial score (nSPS) is 16.1. The minimum absolute atomic E-state index is 0.00739. The van der Waals surface area contributed by atoms with Crippen LogP contribution in [0.15, 0.2) is 60.8 Å². The summed E-state index contributed by atoms with van der Waals surface area (Å²) in [5, 5.41) is 6.68. The average molecular weight is 404 g/mol. The van der Waals surface area contributed by atoms with Crippen LogP contribution in [0.2, 0.25) is 0 Å². The fourth-order valence-electron chi connectivity index (χ4n) is 3.70. The van der Waals surface area contributed by atoms with E-state index >= 15 is 0 Å². The van der Waals surface area contributed by atoms with Crippen LogP contribution in [0.25, 0.3) is 10.9 Å². The molecule has 2 aromatic carbocycles. The van der Waals surface area contributed by atoms with Crippen LogP contribution >= 0.6 is 0 Å². The van der Waals surface area contributed by atoms with Crippen molar-refractivity contribution in [2.24, 2.45) is 5.92 Å². The zero-order chi connectivity index (χ0) is 20.9. The van der Waals surface area contributed by atoms with E-state index in [1.54, 1.807) is 17.0 Å². The number of H-pyrrole nitrogens is 1. The monoisotopic (exact) mass is 404 g/mol. The van der Waals surface area contributed by atoms with Gasteiger partial charge in [0.2, 0.25) is 11.8 Å². The maximum atomic E-state index is 12.4. The van der Waals surface area contributed by atoms with Crippen molar-refractivity contribution in [3.05, 3.63) is 71.9 Å². The van der Waals surface area contributed by atoms with Crippen molar-refractivity contribution >= 4 is 28.6 Å². The second kappa shape index (κ2) is 8.82. The lowest BCUT2D eigenvalue weighted by atomic mass is 10.1. The molecular formula is C23H24N4O3. The topological polar surface area (TPSA) is 94.3 Å². The first-order chi connectivity index (χ1) is 14.6. The molecule has 1 atom stereocenters. The van der Waals surface area contributed by atoms with Crippen LogP contribution in [0, 0.1) is 5.92 Å². The standard InChI is InChI=1S/C23H24N4O3/c28-21-13-19(15-27(21)14-16-4-2-1-3-5-16)23(30)26-11-10-25-22(29)18-7-6-17-8-9-24-20(17)12-18/h1-9,12,19,24H,10-11,13-15H2,(H,25,29)(H,26,30). The molecule has 7 heteroatoms. The molecule has 0 spiro atoms. The largest absolute Gasteiger partial charge is 0.361 e. The van der Waals surface area contributed by atoms with Crippen LogP contribution in [0.5, 0.6) is 0 Å². The van der Waals surface area contributed by atoms with E-state index < -0.39 is 0 Å². The number of hydrogen-bond donors (Lipinski definition) is 3. The van der Waals surface area contributed by atoms with Crippen molar-refractivity contribution in [3.8, 4) is 0 Å². The zero-order valence-corrected chi connectivity index (χ0v) is 16.6. The van der Waals surface area contributed by atoms with E-state index in [-0.39, 0.29) is 30.1 Å². The molecule has 0 saturated carbocycles. The van der Waals surface area contributed by atoms with Crippen LogP contribution in [-0.2, 0) is 16.1 Å². The Bertz CT molecular complexity index is 1060. The van der Waals surface area contributed by atoms with E-state index in [4.69, 9.17) is 0 Å². The molecule has 154 valence electrons. The lowest BCUT2D eigenvalue weighted by Gasteiger charge is -2.16. The summed E-state index contributed by atoms with van der Waals surface area (Å²) in [5.41, 5.74) is 2.52. The van der Waals surface area contributed by atoms with Gasteiger partial charge >= 0.3 is 0 Å². The Morgan fingerprint density at radius 3 is 2.67 bits per heavy atom. The van der Waals surface area contributed by atoms with Gasteiger partial charge in [0.25, 0.3) is 5.91 Å². The molecule has 3 aromatic rings. The Morgan fingerprint density at radius 1 is 1.03 bits per heavy atom. The average Bonchev–Trinajstić information content (AvgIpc) is 3.37. The predicted molar refractivity (Wildman–Crippen MR) is 114 cm³/mol. The molecule has 2 heterocycles. The van der Waals surface area contributed by atoms with E-state index in [2.05, 4.69) is 15.6 Å². The highest BCUT2D eigenvalue weighted by Gasteiger charge is 2.33. The number of benzene rings is 2. The first kappa shape index (κ1) is 19.7. The van der Waals surface area contributed by atoms with Crippen molar-refractivity contribution in [1.29, 1.82) is 0 Å². The second-order valence-corrected chi connectivity index (χ2v) is 7.49. The van der Waals surface area contributed by atoms with Crippen LogP contribution < -0.4 is 10.6 Å². The van der Waals surface area contributed by atoms with E-state index in [0.717, 1.165) is 16.5 Å². The summed E-state index contributed by atoms with van der Waals surface area (Å²) in [6.45, 7) is 1.58. The summed E-state index contributed by atoms with van der Waals surface area (Å²) in [6.07, 6.45) is 2.05. The fraction of sp³-hybridized carbons (Fsp3) is 0.261. The molecule has 30 heavy (non-hydrogen) atoms. The third-order valence-electron chi connectivity index (χ3n) is 5.33. The number of nitrogens with one attached hydrogen (secondary N) is 3. The van der Waals surface area contributed by atoms with Gasteiger partial charge in [-0.3, -0.25) is 14.4 Å². The van der Waals surface area contributed by atoms with Crippen molar-refractivity contribution in [3.63, 3.8) is 0 Å². The summed E-state index contributed by atoms with van der Waals surface area (Å²) in [4.78, 5) is 41.7. The van der Waals surface area contributed by atoms with Crippen LogP contribution in [0.1, 0.15) is 22.3 Å². The molecule has 1 saturated heterocycles. The lowest BCUT2D eigenvalue weighted by molar-refractivity contribution is -0.129. The minimum Gasteiger partial charge on any atom is -0.361 e. The van der Waals surface area contributed by atoms with Gasteiger partial charge in [0.05, 0.1) is 5.92 Å². The summed E-state index contributed by atoms with van der Waals surface area (Å²) in [6, 6.07) is 17.2. The molecule has 4 rings (SSSR count). The number of likely N-dealkylation sites (tertiary alicyclic amines) is 1. The van der Waals surface area contributed by atoms with Gasteiger partial charge < -0.3 is 20.5 Å². The summed E-state index contributed by atoms with van der Waals surface area (Å²) in [5.74, 6) is -0.703. The van der Waals surface area contributed by atoms with Crippen LogP contribution in [0.3, 0.4) is 0 Å². The second-order valence-electron chi connectivity index (χ2n) is 7.49. The van der Waals surface area contributed by atoms with Crippen LogP contribution in [-0.4, -0.2) is 47.2 Å². The molecule has 1 fully saturated rings. The number of aromatic nitrogens is 1. The molecule has 0 aliphatic carbocycles. The predicted octanol–water partition coefficient (Wildman–Crippen LogP) is 2.06. The minimum atomic E-state index is -0.354. The molecule has 1 aliphatic heterocycles. The Labute approximate surface area is 174 Å². The van der Waals surface area contributed by atoms with Gasteiger partial charge in [-0.25, -0.2) is 0 Å². The maximum absolute atomic E-state index is 12.4. The fourth-order valence-corrected chi connectivity index (χ4v) is 3.70. The molecule has 0 bridgehead atoms. The highest BCUT2D eigenvalue weighted by molar-refractivity contribution is 5.98. The summed E-state index contributed by atoms with van der Waals surface area (Å²) >= 11 is 0. The van der Waals surface area contributed by atoms with E-state index in [1.807, 2.05) is 48.7 Å². The number of hydrogen-bond acceptors (Lipinski definition) is 3. The highest BCUT2D eigenvalue weighted by atomic mass is 16.2. The smallest absolute Gasteiger partial charge is 0.251 e. The van der Waals surface area contributed by atoms with Crippen molar-refractivity contribution in [1.82, 2.24) is 20.5 Å². The van der Waals surface area contributed by atoms with Gasteiger partial charge in [-0.1, -0.05) is 36.4 Å². The van der Waals surface area contributed by atoms with Gasteiger partial charge in [0.15, 0.2) is 0 Å². The van der Waals surface area contributed by atoms with E-state index in [0.29, 0.717) is 31.7 Å². The Kier molecular flexibility index (Phi) is 5.79. The van der Waals surface area contributed by atoms with Gasteiger partial charge in [0.1, 0.15) is 0 Å². The Balaban J connectivity index is 1.21. The lowest BCUT2D eigenvalue weighted by Crippen LogP contribution is -2.38. The number of carbonyl (C=O) groups excluding carboxylic acids is 3. The first-order valence-electron chi connectivity index (χ1n) is 10.0. The third-order valence-corrected chi connectivity index (χ3v) is 5.33. The van der Waals surface area contributed by atoms with Crippen molar-refractivity contribution < 1.29 is 14.4 Å². The number of amides is 3. The quantitative estimate of drug-likeness (QED) is 0.526. The SMILES string of the molecule is O=C(NCCNC(=O)C1CC(=O)N(Cc2ccccc2)C1)c1ccc2cc[nH]c2c1. The number of fused-ring (bicyclic) bond motifs is 1. The molecule has 0 radical (unpaired) electrons. The van der Waals surface area contributed by atoms with Crippen LogP contribution in [0.4, 0.5) is 0 Å². The molecular weight excluding hydrogens is 380 g/mol. The molecule has 1 aromatic heterocycles. The van der Waals surface area contributed by atoms with Gasteiger partial charge in [-0.15, -0.1) is 0 Å². The number of carbonyl (C=O) groups is 3.